The minimum atomic E-state index is -0.650. The molecule has 0 bridgehead atoms. The fraction of sp³-hybridized carbons (Fsp3) is 0.500. The van der Waals surface area contributed by atoms with E-state index in [1.54, 1.807) is 0 Å². The molecule has 0 saturated carbocycles. The maximum atomic E-state index is 9.80. The first-order valence-corrected chi connectivity index (χ1v) is 1.67. The Morgan fingerprint density at radius 3 is 2.43 bits per heavy atom. The Morgan fingerprint density at radius 1 is 1.71 bits per heavy atom. The average Bonchev–Trinajstić information content (AvgIpc) is 2.17. The van der Waals surface area contributed by atoms with E-state index in [0.717, 1.165) is 0 Å². The van der Waals surface area contributed by atoms with Gasteiger partial charge in [0, 0.05) is 0 Å². The smallest absolute Gasteiger partial charge is 0.316 e. The number of urea groups is 1. The van der Waals surface area contributed by atoms with Crippen molar-refractivity contribution in [3.05, 3.63) is 0 Å². The number of nitrogens with one attached hydrogen (secondary N) is 1. The predicted octanol–water partition coefficient (Wildman–Crippen LogP) is -1.10. The van der Waals surface area contributed by atoms with Gasteiger partial charge < -0.3 is 5.73 Å². The maximum absolute atomic E-state index is 9.80. The molecular weight excluding hydrogens is 100 g/mol. The molecule has 0 spiro atoms. The Bertz CT molecular complexity index is 88.9. The first-order valence-electron chi connectivity index (χ1n) is 1.67. The van der Waals surface area contributed by atoms with E-state index in [1.807, 2.05) is 0 Å². The third kappa shape index (κ3) is 1.38. The molecule has 1 aliphatic rings. The second kappa shape index (κ2) is 1.36. The van der Waals surface area contributed by atoms with Crippen LogP contribution in [0.5, 0.6) is 0 Å². The van der Waals surface area contributed by atoms with Gasteiger partial charge in [0.05, 0.1) is 0 Å². The molecule has 0 aromatic rings. The third-order valence-corrected chi connectivity index (χ3v) is 0.453. The van der Waals surface area contributed by atoms with E-state index in [0.29, 0.717) is 0 Å². The van der Waals surface area contributed by atoms with Gasteiger partial charge >= 0.3 is 12.4 Å². The van der Waals surface area contributed by atoms with E-state index in [4.69, 9.17) is 0 Å². The molecule has 0 aromatic carbocycles. The number of nitrogens with two attached hydrogens (primary N) is 1. The molecule has 1 aliphatic heterocycles. The zero-order chi connectivity index (χ0) is 5.28. The molecule has 3 N–H and O–H groups in total. The summed E-state index contributed by atoms with van der Waals surface area (Å²) in [6.45, 7) is 0. The Hall–Kier alpha value is -0.810. The van der Waals surface area contributed by atoms with Gasteiger partial charge in [0.2, 0.25) is 0 Å². The molecule has 1 fully saturated rings. The minimum Gasteiger partial charge on any atom is -0.352 e. The first kappa shape index (κ1) is 4.35. The minimum absolute atomic E-state index is 0.600. The second-order valence-corrected chi connectivity index (χ2v) is 1.03. The van der Waals surface area contributed by atoms with Crippen molar-refractivity contribution >= 4 is 6.03 Å². The molecule has 1 rings (SSSR count). The van der Waals surface area contributed by atoms with Gasteiger partial charge in [-0.1, -0.05) is 0 Å². The van der Waals surface area contributed by atoms with Crippen LogP contribution in [0, 0.1) is 0 Å². The van der Waals surface area contributed by atoms with Crippen LogP contribution in [-0.4, -0.2) is 12.4 Å². The maximum Gasteiger partial charge on any atom is 0.316 e. The molecule has 0 atom stereocenters. The van der Waals surface area contributed by atoms with Gasteiger partial charge in [0.15, 0.2) is 0 Å². The van der Waals surface area contributed by atoms with Crippen LogP contribution in [0.1, 0.15) is 0 Å². The third-order valence-electron chi connectivity index (χ3n) is 0.453. The first-order chi connectivity index (χ1) is 3.29. The summed E-state index contributed by atoms with van der Waals surface area (Å²) in [5.74, 6) is 0. The summed E-state index contributed by atoms with van der Waals surface area (Å²) in [5.41, 5.74) is 4.62. The Kier molecular flexibility index (Phi) is 0.844. The summed E-state index contributed by atoms with van der Waals surface area (Å²) in [4.78, 5) is 18.0. The summed E-state index contributed by atoms with van der Waals surface area (Å²) in [6, 6.07) is -0.650. The van der Waals surface area contributed by atoms with Crippen LogP contribution in [0.4, 0.5) is 4.79 Å². The van der Waals surface area contributed by atoms with E-state index in [-0.39, 0.29) is 0 Å². The van der Waals surface area contributed by atoms with Crippen molar-refractivity contribution in [3.63, 3.8) is 0 Å². The normalized spacial score (nSPS) is 18.9. The number of carbonyl (C=O) groups excluding carboxylic acids is 1. The lowest BCUT2D eigenvalue weighted by atomic mass is 11.0. The summed E-state index contributed by atoms with van der Waals surface area (Å²) in [7, 11) is 0. The lowest BCUT2D eigenvalue weighted by molar-refractivity contribution is 0.0850. The zero-order valence-electron chi connectivity index (χ0n) is 3.38. The molecule has 0 radical (unpaired) electrons. The quantitative estimate of drug-likeness (QED) is 0.327. The molecule has 5 heteroatoms. The summed E-state index contributed by atoms with van der Waals surface area (Å²) < 4.78 is 0. The lowest BCUT2D eigenvalue weighted by Crippen LogP contribution is -2.31. The van der Waals surface area contributed by atoms with Crippen molar-refractivity contribution in [1.82, 2.24) is 5.32 Å². The molecule has 7 heavy (non-hydrogen) atoms. The standard InChI is InChI=1S/C2H4N2O3/c3-1(5)4-2-6-7-2/h2H,(H3,3,4,5). The zero-order valence-corrected chi connectivity index (χ0v) is 3.38. The van der Waals surface area contributed by atoms with Crippen molar-refractivity contribution in [2.75, 3.05) is 0 Å². The highest BCUT2D eigenvalue weighted by atomic mass is 17.4. The van der Waals surface area contributed by atoms with E-state index in [9.17, 15) is 4.79 Å². The van der Waals surface area contributed by atoms with Crippen molar-refractivity contribution in [1.29, 1.82) is 0 Å². The van der Waals surface area contributed by atoms with E-state index in [2.05, 4.69) is 20.8 Å². The number of carbonyl (C=O) groups is 1. The van der Waals surface area contributed by atoms with Crippen LogP contribution < -0.4 is 11.1 Å². The second-order valence-electron chi connectivity index (χ2n) is 1.03. The number of hydrogen-bond donors (Lipinski definition) is 2. The Morgan fingerprint density at radius 2 is 2.29 bits per heavy atom. The molecule has 2 amide bonds. The molecular formula is C2H4N2O3. The van der Waals surface area contributed by atoms with Gasteiger partial charge in [0.25, 0.3) is 0 Å². The molecule has 0 aliphatic carbocycles. The van der Waals surface area contributed by atoms with Gasteiger partial charge in [0.1, 0.15) is 0 Å². The molecule has 0 aromatic heterocycles. The largest absolute Gasteiger partial charge is 0.352 e. The Balaban J connectivity index is 2.08. The highest BCUT2D eigenvalue weighted by Gasteiger charge is 2.26. The van der Waals surface area contributed by atoms with E-state index in [1.165, 1.54) is 0 Å². The van der Waals surface area contributed by atoms with Crippen LogP contribution in [0.2, 0.25) is 0 Å². The van der Waals surface area contributed by atoms with E-state index >= 15 is 0 Å². The van der Waals surface area contributed by atoms with Gasteiger partial charge in [-0.15, -0.1) is 0 Å². The summed E-state index contributed by atoms with van der Waals surface area (Å²) >= 11 is 0. The van der Waals surface area contributed by atoms with Gasteiger partial charge in [-0.3, -0.25) is 5.32 Å². The number of rotatable bonds is 1. The Labute approximate surface area is 39.3 Å². The van der Waals surface area contributed by atoms with Crippen LogP contribution in [0.15, 0.2) is 0 Å². The molecule has 1 saturated heterocycles. The monoisotopic (exact) mass is 104 g/mol. The highest BCUT2D eigenvalue weighted by Crippen LogP contribution is 2.05. The highest BCUT2D eigenvalue weighted by molar-refractivity contribution is 5.71. The molecule has 5 nitrogen and oxygen atoms in total. The van der Waals surface area contributed by atoms with Gasteiger partial charge in [-0.05, 0) is 0 Å². The van der Waals surface area contributed by atoms with Gasteiger partial charge in [-0.25, -0.2) is 4.79 Å². The van der Waals surface area contributed by atoms with Crippen molar-refractivity contribution in [3.8, 4) is 0 Å². The van der Waals surface area contributed by atoms with Crippen molar-refractivity contribution in [2.24, 2.45) is 5.73 Å². The predicted molar refractivity (Wildman–Crippen MR) is 18.7 cm³/mol. The fourth-order valence-corrected chi connectivity index (χ4v) is 0.192. The summed E-state index contributed by atoms with van der Waals surface area (Å²) in [6.07, 6.45) is -0.600. The fourth-order valence-electron chi connectivity index (χ4n) is 0.192. The number of amides is 2. The van der Waals surface area contributed by atoms with Crippen LogP contribution in [-0.2, 0) is 9.78 Å². The summed E-state index contributed by atoms with van der Waals surface area (Å²) in [5, 5.41) is 2.11. The average molecular weight is 104 g/mol. The van der Waals surface area contributed by atoms with Crippen LogP contribution in [0.25, 0.3) is 0 Å². The van der Waals surface area contributed by atoms with Crippen molar-refractivity contribution in [2.45, 2.75) is 6.41 Å². The molecule has 1 heterocycles. The van der Waals surface area contributed by atoms with Crippen molar-refractivity contribution < 1.29 is 14.6 Å². The van der Waals surface area contributed by atoms with E-state index < -0.39 is 12.4 Å². The lowest BCUT2D eigenvalue weighted by Gasteiger charge is -1.85. The number of hydrogen-bond acceptors (Lipinski definition) is 3. The topological polar surface area (TPSA) is 80.2 Å². The number of primary amides is 1. The van der Waals surface area contributed by atoms with Crippen LogP contribution in [0.3, 0.4) is 0 Å². The molecule has 0 unspecified atom stereocenters. The molecule has 40 valence electrons. The SMILES string of the molecule is NC(=O)NC1OO1. The van der Waals surface area contributed by atoms with Gasteiger partial charge in [-0.2, -0.15) is 9.78 Å². The van der Waals surface area contributed by atoms with Crippen LogP contribution >= 0.6 is 0 Å².